The third kappa shape index (κ3) is 13.5. The lowest BCUT2D eigenvalue weighted by Gasteiger charge is -2.20. The lowest BCUT2D eigenvalue weighted by molar-refractivity contribution is 0.216. The Morgan fingerprint density at radius 1 is 0.889 bits per heavy atom. The van der Waals surface area contributed by atoms with Gasteiger partial charge in [-0.2, -0.15) is 0 Å². The van der Waals surface area contributed by atoms with Gasteiger partial charge in [-0.3, -0.25) is 4.72 Å². The van der Waals surface area contributed by atoms with E-state index < -0.39 is 10.0 Å². The number of hydrogen-bond donors (Lipinski definition) is 1. The Morgan fingerprint density at radius 2 is 1.56 bits per heavy atom. The molecule has 3 rings (SSSR count). The van der Waals surface area contributed by atoms with Crippen LogP contribution in [0.5, 0.6) is 17.4 Å². The van der Waals surface area contributed by atoms with Crippen molar-refractivity contribution in [3.63, 3.8) is 0 Å². The monoisotopic (exact) mass is 708 g/mol. The summed E-state index contributed by atoms with van der Waals surface area (Å²) in [6.07, 6.45) is 1.40. The molecule has 0 saturated heterocycles. The van der Waals surface area contributed by atoms with Gasteiger partial charge in [0.2, 0.25) is 5.82 Å². The van der Waals surface area contributed by atoms with Crippen molar-refractivity contribution in [2.75, 3.05) is 78.9 Å². The van der Waals surface area contributed by atoms with Crippen molar-refractivity contribution in [1.82, 2.24) is 24.7 Å². The molecule has 13 heteroatoms. The summed E-state index contributed by atoms with van der Waals surface area (Å²) in [7, 11) is 3.85. The normalized spacial score (nSPS) is 11.4. The van der Waals surface area contributed by atoms with E-state index in [4.69, 9.17) is 14.2 Å². The number of methoxy groups -OCH3 is 1. The predicted molar refractivity (Wildman–Crippen MR) is 184 cm³/mol. The number of halogens is 1. The number of anilines is 1. The van der Waals surface area contributed by atoms with Crippen LogP contribution in [0.2, 0.25) is 0 Å². The molecule has 0 spiro atoms. The van der Waals surface area contributed by atoms with Crippen LogP contribution in [0.3, 0.4) is 0 Å². The van der Waals surface area contributed by atoms with E-state index >= 15 is 0 Å². The molecule has 0 atom stereocenters. The highest BCUT2D eigenvalue weighted by atomic mass is 79.9. The first-order valence-corrected chi connectivity index (χ1v) is 17.3. The van der Waals surface area contributed by atoms with Crippen molar-refractivity contribution in [3.8, 4) is 17.4 Å². The van der Waals surface area contributed by atoms with Gasteiger partial charge in [-0.05, 0) is 93.5 Å². The number of nitrogens with zero attached hydrogens (tertiary/aromatic N) is 5. The molecule has 0 unspecified atom stereocenters. The molecule has 0 fully saturated rings. The fourth-order valence-corrected chi connectivity index (χ4v) is 5.24. The SMILES string of the molecule is CCN(CC)CC.COc1ccc(COc2nc(Br)cnc2NS(=O)(=O)c2ccc(C)cc2)cc1OCCN(C)CCN(C)C. The van der Waals surface area contributed by atoms with Crippen molar-refractivity contribution in [2.45, 2.75) is 39.2 Å². The summed E-state index contributed by atoms with van der Waals surface area (Å²) in [4.78, 5) is 15.3. The van der Waals surface area contributed by atoms with Crippen LogP contribution in [0.4, 0.5) is 5.82 Å². The summed E-state index contributed by atoms with van der Waals surface area (Å²) in [6, 6.07) is 12.0. The number of aryl methyl sites for hydroxylation is 1. The summed E-state index contributed by atoms with van der Waals surface area (Å²) in [5, 5.41) is 0. The third-order valence-corrected chi connectivity index (χ3v) is 8.62. The average Bonchev–Trinajstić information content (AvgIpc) is 3.01. The van der Waals surface area contributed by atoms with Crippen LogP contribution in [0.25, 0.3) is 0 Å². The quantitative estimate of drug-likeness (QED) is 0.202. The zero-order valence-electron chi connectivity index (χ0n) is 27.8. The molecule has 0 aliphatic carbocycles. The molecule has 3 aromatic rings. The first-order chi connectivity index (χ1) is 21.4. The van der Waals surface area contributed by atoms with E-state index in [1.807, 2.05) is 33.2 Å². The maximum absolute atomic E-state index is 12.9. The number of rotatable bonds is 17. The average molecular weight is 710 g/mol. The number of aromatic nitrogens is 2. The van der Waals surface area contributed by atoms with Gasteiger partial charge < -0.3 is 28.9 Å². The van der Waals surface area contributed by atoms with Crippen LogP contribution >= 0.6 is 15.9 Å². The minimum absolute atomic E-state index is 0.0143. The molecular formula is C32H49BrN6O5S. The smallest absolute Gasteiger partial charge is 0.263 e. The predicted octanol–water partition coefficient (Wildman–Crippen LogP) is 5.16. The van der Waals surface area contributed by atoms with Crippen LogP contribution in [0, 0.1) is 6.92 Å². The summed E-state index contributed by atoms with van der Waals surface area (Å²) in [5.41, 5.74) is 1.74. The first kappa shape index (κ1) is 38.2. The van der Waals surface area contributed by atoms with Gasteiger partial charge in [0.05, 0.1) is 18.2 Å². The fraction of sp³-hybridized carbons (Fsp3) is 0.500. The number of nitrogens with one attached hydrogen (secondary N) is 1. The lowest BCUT2D eigenvalue weighted by Crippen LogP contribution is -2.31. The Bertz CT molecular complexity index is 1400. The van der Waals surface area contributed by atoms with Crippen LogP contribution in [-0.2, 0) is 16.6 Å². The Morgan fingerprint density at radius 3 is 2.13 bits per heavy atom. The van der Waals surface area contributed by atoms with Crippen LogP contribution < -0.4 is 18.9 Å². The largest absolute Gasteiger partial charge is 0.493 e. The number of benzene rings is 2. The molecule has 1 N–H and O–H groups in total. The van der Waals surface area contributed by atoms with Crippen molar-refractivity contribution in [2.24, 2.45) is 0 Å². The summed E-state index contributed by atoms with van der Waals surface area (Å²) >= 11 is 3.27. The molecule has 2 aromatic carbocycles. The molecule has 45 heavy (non-hydrogen) atoms. The second kappa shape index (κ2) is 19.5. The zero-order valence-corrected chi connectivity index (χ0v) is 30.2. The van der Waals surface area contributed by atoms with Gasteiger partial charge in [0, 0.05) is 19.6 Å². The zero-order chi connectivity index (χ0) is 33.4. The molecule has 1 heterocycles. The van der Waals surface area contributed by atoms with Crippen LogP contribution in [0.1, 0.15) is 31.9 Å². The van der Waals surface area contributed by atoms with E-state index in [1.165, 1.54) is 38.0 Å². The Balaban J connectivity index is 0.000000900. The second-order valence-corrected chi connectivity index (χ2v) is 13.1. The minimum Gasteiger partial charge on any atom is -0.493 e. The van der Waals surface area contributed by atoms with E-state index in [0.717, 1.165) is 30.8 Å². The maximum atomic E-state index is 12.9. The second-order valence-electron chi connectivity index (χ2n) is 10.6. The molecule has 0 bridgehead atoms. The molecule has 11 nitrogen and oxygen atoms in total. The standard InChI is InChI=1S/C26H34BrN5O5S.C6H15N/c1-19-6-9-21(10-7-19)38(33,34)30-25-26(29-24(27)17-28-25)37-18-20-8-11-22(35-5)23(16-20)36-15-14-32(4)13-12-31(2)3;1-4-7(5-2)6-3/h6-11,16-17H,12-15,18H2,1-5H3,(H,28,30);4-6H2,1-3H3. The number of ether oxygens (including phenoxy) is 3. The molecule has 1 aromatic heterocycles. The van der Waals surface area contributed by atoms with E-state index in [-0.39, 0.29) is 23.2 Å². The highest BCUT2D eigenvalue weighted by Crippen LogP contribution is 2.30. The molecule has 0 saturated carbocycles. The highest BCUT2D eigenvalue weighted by Gasteiger charge is 2.19. The third-order valence-electron chi connectivity index (χ3n) is 6.88. The Kier molecular flexibility index (Phi) is 16.6. The minimum atomic E-state index is -3.88. The van der Waals surface area contributed by atoms with Gasteiger partial charge in [0.1, 0.15) is 17.8 Å². The molecule has 0 amide bonds. The van der Waals surface area contributed by atoms with Gasteiger partial charge in [-0.15, -0.1) is 0 Å². The molecule has 0 radical (unpaired) electrons. The van der Waals surface area contributed by atoms with E-state index in [2.05, 4.69) is 73.1 Å². The van der Waals surface area contributed by atoms with Gasteiger partial charge in [0.15, 0.2) is 11.5 Å². The number of hydrogen-bond acceptors (Lipinski definition) is 10. The maximum Gasteiger partial charge on any atom is 0.263 e. The summed E-state index contributed by atoms with van der Waals surface area (Å²) in [5.74, 6) is 1.23. The Hall–Kier alpha value is -2.97. The van der Waals surface area contributed by atoms with Crippen molar-refractivity contribution < 1.29 is 22.6 Å². The number of sulfonamides is 1. The van der Waals surface area contributed by atoms with Gasteiger partial charge in [0.25, 0.3) is 15.9 Å². The molecule has 250 valence electrons. The summed E-state index contributed by atoms with van der Waals surface area (Å²) < 4.78 is 46.0. The lowest BCUT2D eigenvalue weighted by atomic mass is 10.2. The van der Waals surface area contributed by atoms with Crippen molar-refractivity contribution in [1.29, 1.82) is 0 Å². The van der Waals surface area contributed by atoms with Gasteiger partial charge >= 0.3 is 0 Å². The van der Waals surface area contributed by atoms with Gasteiger partial charge in [-0.25, -0.2) is 18.4 Å². The van der Waals surface area contributed by atoms with E-state index in [1.54, 1.807) is 25.3 Å². The Labute approximate surface area is 278 Å². The topological polar surface area (TPSA) is 109 Å². The van der Waals surface area contributed by atoms with E-state index in [0.29, 0.717) is 22.7 Å². The molecular weight excluding hydrogens is 660 g/mol. The summed E-state index contributed by atoms with van der Waals surface area (Å²) in [6.45, 7) is 15.3. The molecule has 0 aliphatic heterocycles. The van der Waals surface area contributed by atoms with Crippen molar-refractivity contribution in [3.05, 3.63) is 64.4 Å². The van der Waals surface area contributed by atoms with E-state index in [9.17, 15) is 8.42 Å². The van der Waals surface area contributed by atoms with Crippen LogP contribution in [0.15, 0.2) is 58.2 Å². The fourth-order valence-electron chi connectivity index (χ4n) is 3.97. The van der Waals surface area contributed by atoms with Gasteiger partial charge in [-0.1, -0.05) is 44.5 Å². The number of likely N-dealkylation sites (N-methyl/N-ethyl adjacent to an activating group) is 2. The highest BCUT2D eigenvalue weighted by molar-refractivity contribution is 9.10. The molecule has 0 aliphatic rings. The van der Waals surface area contributed by atoms with Crippen molar-refractivity contribution >= 4 is 31.8 Å². The first-order valence-electron chi connectivity index (χ1n) is 15.0. The van der Waals surface area contributed by atoms with Crippen LogP contribution in [-0.4, -0.2) is 107 Å².